The predicted molar refractivity (Wildman–Crippen MR) is 67.5 cm³/mol. The zero-order valence-electron chi connectivity index (χ0n) is 8.97. The third kappa shape index (κ3) is 3.09. The van der Waals surface area contributed by atoms with Crippen LogP contribution < -0.4 is 5.73 Å². The smallest absolute Gasteiger partial charge is 0.242 e. The summed E-state index contributed by atoms with van der Waals surface area (Å²) in [6.07, 6.45) is 0. The van der Waals surface area contributed by atoms with Gasteiger partial charge in [0.05, 0.1) is 4.90 Å². The molecule has 0 radical (unpaired) electrons. The molecule has 7 heteroatoms. The molecule has 1 aromatic carbocycles. The summed E-state index contributed by atoms with van der Waals surface area (Å²) < 4.78 is 24.8. The zero-order chi connectivity index (χ0) is 11.6. The highest BCUT2D eigenvalue weighted by Crippen LogP contribution is 2.21. The normalized spacial score (nSPS) is 11.3. The second-order valence-corrected chi connectivity index (χ2v) is 5.80. The Labute approximate surface area is 107 Å². The van der Waals surface area contributed by atoms with Crippen molar-refractivity contribution in [2.24, 2.45) is 5.73 Å². The molecule has 0 saturated carbocycles. The van der Waals surface area contributed by atoms with Crippen LogP contribution in [0.4, 0.5) is 0 Å². The Morgan fingerprint density at radius 2 is 1.94 bits per heavy atom. The van der Waals surface area contributed by atoms with Gasteiger partial charge in [-0.2, -0.15) is 0 Å². The molecule has 4 nitrogen and oxygen atoms in total. The van der Waals surface area contributed by atoms with Crippen molar-refractivity contribution in [1.82, 2.24) is 4.31 Å². The highest BCUT2D eigenvalue weighted by atomic mass is 35.5. The van der Waals surface area contributed by atoms with Crippen LogP contribution in [0.2, 0.25) is 5.02 Å². The monoisotopic (exact) mass is 284 g/mol. The highest BCUT2D eigenvalue weighted by molar-refractivity contribution is 7.89. The van der Waals surface area contributed by atoms with Gasteiger partial charge in [0.2, 0.25) is 10.0 Å². The van der Waals surface area contributed by atoms with Gasteiger partial charge in [-0.25, -0.2) is 12.7 Å². The van der Waals surface area contributed by atoms with Gasteiger partial charge in [0.15, 0.2) is 0 Å². The third-order valence-corrected chi connectivity index (χ3v) is 4.15. The Bertz CT molecular complexity index is 461. The summed E-state index contributed by atoms with van der Waals surface area (Å²) in [5, 5.41) is 0.480. The summed E-state index contributed by atoms with van der Waals surface area (Å²) in [4.78, 5) is 0.208. The number of hydrogen-bond donors (Lipinski definition) is 1. The molecule has 1 rings (SSSR count). The van der Waals surface area contributed by atoms with E-state index >= 15 is 0 Å². The minimum Gasteiger partial charge on any atom is -0.326 e. The van der Waals surface area contributed by atoms with Crippen LogP contribution >= 0.6 is 24.0 Å². The van der Waals surface area contributed by atoms with Gasteiger partial charge in [-0.3, -0.25) is 0 Å². The lowest BCUT2D eigenvalue weighted by molar-refractivity contribution is 0.519. The molecule has 0 aliphatic heterocycles. The molecule has 0 aromatic heterocycles. The number of rotatable bonds is 3. The number of halogens is 2. The van der Waals surface area contributed by atoms with E-state index in [2.05, 4.69) is 0 Å². The van der Waals surface area contributed by atoms with Crippen molar-refractivity contribution in [2.75, 3.05) is 14.1 Å². The summed E-state index contributed by atoms with van der Waals surface area (Å²) in [5.74, 6) is 0. The molecule has 0 heterocycles. The fraction of sp³-hybridized carbons (Fsp3) is 0.333. The van der Waals surface area contributed by atoms with Crippen LogP contribution in [-0.2, 0) is 16.6 Å². The molecule has 0 unspecified atom stereocenters. The molecule has 0 bridgehead atoms. The molecule has 0 aliphatic carbocycles. The van der Waals surface area contributed by atoms with Crippen LogP contribution in [0.5, 0.6) is 0 Å². The fourth-order valence-electron chi connectivity index (χ4n) is 1.16. The van der Waals surface area contributed by atoms with Crippen molar-refractivity contribution in [3.05, 3.63) is 28.8 Å². The molecular formula is C9H14Cl2N2O2S. The van der Waals surface area contributed by atoms with Crippen LogP contribution in [0, 0.1) is 0 Å². The average Bonchev–Trinajstić information content (AvgIpc) is 2.16. The maximum Gasteiger partial charge on any atom is 0.242 e. The van der Waals surface area contributed by atoms with Crippen LogP contribution in [0.25, 0.3) is 0 Å². The molecule has 0 atom stereocenters. The van der Waals surface area contributed by atoms with Crippen molar-refractivity contribution < 1.29 is 8.42 Å². The summed E-state index contributed by atoms with van der Waals surface area (Å²) >= 11 is 5.76. The first-order chi connectivity index (χ1) is 6.89. The number of nitrogens with zero attached hydrogens (tertiary/aromatic N) is 1. The highest BCUT2D eigenvalue weighted by Gasteiger charge is 2.20. The SMILES string of the molecule is CN(C)S(=O)(=O)c1ccc(Cl)cc1CN.Cl. The fourth-order valence-corrected chi connectivity index (χ4v) is 2.46. The molecule has 16 heavy (non-hydrogen) atoms. The van der Waals surface area contributed by atoms with E-state index in [9.17, 15) is 8.42 Å². The Kier molecular flexibility index (Phi) is 5.72. The first-order valence-corrected chi connectivity index (χ1v) is 6.12. The van der Waals surface area contributed by atoms with Gasteiger partial charge >= 0.3 is 0 Å². The topological polar surface area (TPSA) is 63.4 Å². The number of sulfonamides is 1. The molecule has 1 aromatic rings. The van der Waals surface area contributed by atoms with Gasteiger partial charge in [-0.05, 0) is 23.8 Å². The zero-order valence-corrected chi connectivity index (χ0v) is 11.4. The largest absolute Gasteiger partial charge is 0.326 e. The molecule has 92 valence electrons. The predicted octanol–water partition coefficient (Wildman–Crippen LogP) is 1.47. The van der Waals surface area contributed by atoms with Gasteiger partial charge in [0.1, 0.15) is 0 Å². The Balaban J connectivity index is 0.00000225. The minimum absolute atomic E-state index is 0. The molecule has 0 amide bonds. The van der Waals surface area contributed by atoms with Gasteiger partial charge in [0.25, 0.3) is 0 Å². The number of benzene rings is 1. The van der Waals surface area contributed by atoms with E-state index in [1.807, 2.05) is 0 Å². The van der Waals surface area contributed by atoms with Crippen LogP contribution in [0.3, 0.4) is 0 Å². The summed E-state index contributed by atoms with van der Waals surface area (Å²) in [6, 6.07) is 4.58. The van der Waals surface area contributed by atoms with E-state index in [1.165, 1.54) is 26.2 Å². The molecular weight excluding hydrogens is 271 g/mol. The number of hydrogen-bond acceptors (Lipinski definition) is 3. The standard InChI is InChI=1S/C9H13ClN2O2S.ClH/c1-12(2)15(13,14)9-4-3-8(10)5-7(9)6-11;/h3-5H,6,11H2,1-2H3;1H. The van der Waals surface area contributed by atoms with Gasteiger partial charge in [-0.1, -0.05) is 11.6 Å². The lowest BCUT2D eigenvalue weighted by Gasteiger charge is -2.14. The van der Waals surface area contributed by atoms with Crippen LogP contribution in [-0.4, -0.2) is 26.8 Å². The van der Waals surface area contributed by atoms with Gasteiger partial charge < -0.3 is 5.73 Å². The Morgan fingerprint density at radius 3 is 2.38 bits per heavy atom. The van der Waals surface area contributed by atoms with Crippen molar-refractivity contribution in [2.45, 2.75) is 11.4 Å². The lowest BCUT2D eigenvalue weighted by Crippen LogP contribution is -2.23. The number of nitrogens with two attached hydrogens (primary N) is 1. The van der Waals surface area contributed by atoms with Crippen molar-refractivity contribution in [3.8, 4) is 0 Å². The van der Waals surface area contributed by atoms with Crippen molar-refractivity contribution in [1.29, 1.82) is 0 Å². The maximum absolute atomic E-state index is 11.9. The van der Waals surface area contributed by atoms with E-state index in [1.54, 1.807) is 6.07 Å². The molecule has 0 fully saturated rings. The quantitative estimate of drug-likeness (QED) is 0.914. The molecule has 0 aliphatic rings. The van der Waals surface area contributed by atoms with Crippen LogP contribution in [0.1, 0.15) is 5.56 Å². The maximum atomic E-state index is 11.9. The minimum atomic E-state index is -3.44. The Morgan fingerprint density at radius 1 is 1.38 bits per heavy atom. The second kappa shape index (κ2) is 5.84. The van der Waals surface area contributed by atoms with E-state index in [-0.39, 0.29) is 23.8 Å². The molecule has 0 saturated heterocycles. The first-order valence-electron chi connectivity index (χ1n) is 4.30. The van der Waals surface area contributed by atoms with E-state index in [0.717, 1.165) is 4.31 Å². The molecule has 0 spiro atoms. The van der Waals surface area contributed by atoms with E-state index < -0.39 is 10.0 Å². The molecule has 2 N–H and O–H groups in total. The second-order valence-electron chi connectivity index (χ2n) is 3.24. The van der Waals surface area contributed by atoms with E-state index in [4.69, 9.17) is 17.3 Å². The average molecular weight is 285 g/mol. The lowest BCUT2D eigenvalue weighted by atomic mass is 10.2. The van der Waals surface area contributed by atoms with E-state index in [0.29, 0.717) is 10.6 Å². The van der Waals surface area contributed by atoms with Crippen molar-refractivity contribution in [3.63, 3.8) is 0 Å². The summed E-state index contributed by atoms with van der Waals surface area (Å²) in [7, 11) is -0.489. The van der Waals surface area contributed by atoms with Crippen molar-refractivity contribution >= 4 is 34.0 Å². The van der Waals surface area contributed by atoms with Gasteiger partial charge in [-0.15, -0.1) is 12.4 Å². The van der Waals surface area contributed by atoms with Gasteiger partial charge in [0, 0.05) is 25.7 Å². The third-order valence-electron chi connectivity index (χ3n) is 2.00. The Hall–Kier alpha value is -0.330. The summed E-state index contributed by atoms with van der Waals surface area (Å²) in [6.45, 7) is 0.142. The first kappa shape index (κ1) is 15.7. The van der Waals surface area contributed by atoms with Crippen LogP contribution in [0.15, 0.2) is 23.1 Å². The summed E-state index contributed by atoms with van der Waals surface area (Å²) in [5.41, 5.74) is 6.00.